The Morgan fingerprint density at radius 1 is 0.972 bits per heavy atom. The Labute approximate surface area is 208 Å². The molecule has 0 atom stereocenters. The predicted octanol–water partition coefficient (Wildman–Crippen LogP) is 7.21. The molecule has 1 aliphatic heterocycles. The molecule has 0 unspecified atom stereocenters. The van der Waals surface area contributed by atoms with Crippen LogP contribution < -0.4 is 0 Å². The summed E-state index contributed by atoms with van der Waals surface area (Å²) in [6, 6.07) is 14.0. The molecule has 1 aliphatic rings. The number of hydrogen-bond donors (Lipinski definition) is 2. The lowest BCUT2D eigenvalue weighted by atomic mass is 9.89. The van der Waals surface area contributed by atoms with Crippen molar-refractivity contribution in [2.45, 2.75) is 39.5 Å². The van der Waals surface area contributed by atoms with Crippen molar-refractivity contribution in [3.05, 3.63) is 83.1 Å². The molecular formula is C29H29F2NO4. The highest BCUT2D eigenvalue weighted by Crippen LogP contribution is 2.47. The molecule has 0 saturated carbocycles. The van der Waals surface area contributed by atoms with Gasteiger partial charge in [0.25, 0.3) is 0 Å². The van der Waals surface area contributed by atoms with E-state index in [4.69, 9.17) is 4.74 Å². The summed E-state index contributed by atoms with van der Waals surface area (Å²) in [6.07, 6.45) is 1.44. The molecule has 188 valence electrons. The molecule has 0 amide bonds. The van der Waals surface area contributed by atoms with E-state index in [1.54, 1.807) is 37.3 Å². The van der Waals surface area contributed by atoms with Crippen LogP contribution in [0.4, 0.5) is 8.78 Å². The fourth-order valence-corrected chi connectivity index (χ4v) is 4.83. The van der Waals surface area contributed by atoms with E-state index in [9.17, 15) is 23.8 Å². The standard InChI is InChI=1S/C27H23F2NO4.C2H6/c1-15-14-19(6-7-20(15)28)30-22-9-8-21(29)26(31)24(22)23(25(30)17-10-12-34-13-11-17)16-2-4-18(5-3-16)27(32)33;1-2/h2-9,14,17,31H,10-13H2,1H3,(H,32,33);1-2H3. The van der Waals surface area contributed by atoms with Crippen molar-refractivity contribution < 1.29 is 28.5 Å². The second-order valence-electron chi connectivity index (χ2n) is 8.59. The van der Waals surface area contributed by atoms with Gasteiger partial charge in [0.05, 0.1) is 16.5 Å². The van der Waals surface area contributed by atoms with Gasteiger partial charge in [0.2, 0.25) is 0 Å². The molecule has 0 aliphatic carbocycles. The Kier molecular flexibility index (Phi) is 7.40. The van der Waals surface area contributed by atoms with Crippen LogP contribution in [0.15, 0.2) is 54.6 Å². The zero-order valence-corrected chi connectivity index (χ0v) is 20.5. The first-order valence-corrected chi connectivity index (χ1v) is 12.1. The maximum Gasteiger partial charge on any atom is 0.335 e. The van der Waals surface area contributed by atoms with Gasteiger partial charge in [0, 0.05) is 36.1 Å². The number of phenols is 1. The molecule has 1 saturated heterocycles. The number of fused-ring (bicyclic) bond motifs is 1. The molecule has 0 radical (unpaired) electrons. The number of hydrogen-bond acceptors (Lipinski definition) is 3. The third-order valence-electron chi connectivity index (χ3n) is 6.52. The summed E-state index contributed by atoms with van der Waals surface area (Å²) in [5, 5.41) is 20.5. The van der Waals surface area contributed by atoms with Crippen LogP contribution >= 0.6 is 0 Å². The van der Waals surface area contributed by atoms with Gasteiger partial charge < -0.3 is 19.5 Å². The van der Waals surface area contributed by atoms with Crippen LogP contribution in [-0.2, 0) is 4.74 Å². The zero-order chi connectivity index (χ0) is 26.0. The topological polar surface area (TPSA) is 71.7 Å². The normalized spacial score (nSPS) is 13.9. The van der Waals surface area contributed by atoms with Crippen LogP contribution in [0.2, 0.25) is 0 Å². The van der Waals surface area contributed by atoms with Crippen LogP contribution in [0.1, 0.15) is 54.2 Å². The van der Waals surface area contributed by atoms with E-state index >= 15 is 0 Å². The minimum absolute atomic E-state index is 0.0307. The second kappa shape index (κ2) is 10.5. The minimum Gasteiger partial charge on any atom is -0.504 e. The van der Waals surface area contributed by atoms with Gasteiger partial charge in [-0.05, 0) is 73.4 Å². The molecule has 1 fully saturated rings. The largest absolute Gasteiger partial charge is 0.504 e. The van der Waals surface area contributed by atoms with Crippen molar-refractivity contribution in [2.24, 2.45) is 0 Å². The van der Waals surface area contributed by atoms with Crippen molar-refractivity contribution in [1.82, 2.24) is 4.57 Å². The lowest BCUT2D eigenvalue weighted by Gasteiger charge is -2.26. The molecule has 7 heteroatoms. The van der Waals surface area contributed by atoms with Crippen LogP contribution in [0, 0.1) is 18.6 Å². The Balaban J connectivity index is 0.00000148. The number of aromatic hydroxyl groups is 1. The Morgan fingerprint density at radius 3 is 2.22 bits per heavy atom. The van der Waals surface area contributed by atoms with Gasteiger partial charge in [-0.3, -0.25) is 0 Å². The highest BCUT2D eigenvalue weighted by atomic mass is 19.1. The van der Waals surface area contributed by atoms with E-state index in [0.29, 0.717) is 46.5 Å². The van der Waals surface area contributed by atoms with Crippen molar-refractivity contribution >= 4 is 16.9 Å². The Bertz CT molecular complexity index is 1400. The lowest BCUT2D eigenvalue weighted by Crippen LogP contribution is -2.17. The summed E-state index contributed by atoms with van der Waals surface area (Å²) in [5.41, 5.74) is 4.04. The van der Waals surface area contributed by atoms with Gasteiger partial charge >= 0.3 is 5.97 Å². The number of aromatic carboxylic acids is 1. The molecule has 36 heavy (non-hydrogen) atoms. The monoisotopic (exact) mass is 493 g/mol. The third-order valence-corrected chi connectivity index (χ3v) is 6.52. The number of carbonyl (C=O) groups is 1. The number of nitrogens with zero attached hydrogens (tertiary/aromatic N) is 1. The van der Waals surface area contributed by atoms with E-state index in [1.807, 2.05) is 18.4 Å². The van der Waals surface area contributed by atoms with Crippen LogP contribution in [0.5, 0.6) is 5.75 Å². The number of aromatic nitrogens is 1. The molecule has 5 nitrogen and oxygen atoms in total. The van der Waals surface area contributed by atoms with E-state index in [1.165, 1.54) is 24.3 Å². The number of aryl methyl sites for hydroxylation is 1. The molecule has 0 bridgehead atoms. The smallest absolute Gasteiger partial charge is 0.335 e. The van der Waals surface area contributed by atoms with Gasteiger partial charge in [-0.25, -0.2) is 13.6 Å². The number of carboxylic acids is 1. The molecule has 2 heterocycles. The fraction of sp³-hybridized carbons (Fsp3) is 0.276. The van der Waals surface area contributed by atoms with Gasteiger partial charge in [0.15, 0.2) is 11.6 Å². The van der Waals surface area contributed by atoms with Crippen molar-refractivity contribution in [3.8, 4) is 22.6 Å². The van der Waals surface area contributed by atoms with E-state index in [0.717, 1.165) is 18.5 Å². The first-order chi connectivity index (χ1) is 17.4. The second-order valence-corrected chi connectivity index (χ2v) is 8.59. The molecule has 1 aromatic heterocycles. The maximum absolute atomic E-state index is 14.6. The van der Waals surface area contributed by atoms with Crippen molar-refractivity contribution in [3.63, 3.8) is 0 Å². The van der Waals surface area contributed by atoms with E-state index in [-0.39, 0.29) is 17.3 Å². The average molecular weight is 494 g/mol. The highest BCUT2D eigenvalue weighted by Gasteiger charge is 2.30. The van der Waals surface area contributed by atoms with Crippen LogP contribution in [0.3, 0.4) is 0 Å². The summed E-state index contributed by atoms with van der Waals surface area (Å²) in [7, 11) is 0. The minimum atomic E-state index is -1.05. The van der Waals surface area contributed by atoms with Gasteiger partial charge in [0.1, 0.15) is 5.82 Å². The number of halogens is 2. The summed E-state index contributed by atoms with van der Waals surface area (Å²) >= 11 is 0. The predicted molar refractivity (Wildman–Crippen MR) is 136 cm³/mol. The number of phenolic OH excluding ortho intramolecular Hbond substituents is 1. The summed E-state index contributed by atoms with van der Waals surface area (Å²) < 4.78 is 36.2. The van der Waals surface area contributed by atoms with Crippen molar-refractivity contribution in [2.75, 3.05) is 13.2 Å². The average Bonchev–Trinajstić information content (AvgIpc) is 3.25. The van der Waals surface area contributed by atoms with Gasteiger partial charge in [-0.1, -0.05) is 26.0 Å². The first-order valence-electron chi connectivity index (χ1n) is 12.1. The van der Waals surface area contributed by atoms with Gasteiger partial charge in [-0.2, -0.15) is 0 Å². The SMILES string of the molecule is CC.Cc1cc(-n2c(C3CCOCC3)c(-c3ccc(C(=O)O)cc3)c3c(O)c(F)ccc32)ccc1F. The highest BCUT2D eigenvalue weighted by molar-refractivity contribution is 6.03. The number of ether oxygens (including phenoxy) is 1. The van der Waals surface area contributed by atoms with Crippen LogP contribution in [-0.4, -0.2) is 34.0 Å². The number of benzene rings is 3. The molecule has 3 aromatic carbocycles. The summed E-state index contributed by atoms with van der Waals surface area (Å²) in [6.45, 7) is 6.81. The van der Waals surface area contributed by atoms with E-state index in [2.05, 4.69) is 0 Å². The Morgan fingerprint density at radius 2 is 1.61 bits per heavy atom. The quantitative estimate of drug-likeness (QED) is 0.315. The van der Waals surface area contributed by atoms with Gasteiger partial charge in [-0.15, -0.1) is 0 Å². The molecular weight excluding hydrogens is 464 g/mol. The molecule has 5 rings (SSSR count). The number of carboxylic acid groups (broad SMARTS) is 1. The zero-order valence-electron chi connectivity index (χ0n) is 20.5. The first kappa shape index (κ1) is 25.4. The lowest BCUT2D eigenvalue weighted by molar-refractivity contribution is 0.0697. The fourth-order valence-electron chi connectivity index (χ4n) is 4.83. The molecule has 2 N–H and O–H groups in total. The Hall–Kier alpha value is -3.71. The molecule has 0 spiro atoms. The third kappa shape index (κ3) is 4.46. The van der Waals surface area contributed by atoms with Crippen LogP contribution in [0.25, 0.3) is 27.7 Å². The molecule has 4 aromatic rings. The van der Waals surface area contributed by atoms with Crippen molar-refractivity contribution in [1.29, 1.82) is 0 Å². The maximum atomic E-state index is 14.6. The summed E-state index contributed by atoms with van der Waals surface area (Å²) in [5.74, 6) is -2.56. The summed E-state index contributed by atoms with van der Waals surface area (Å²) in [4.78, 5) is 11.4. The number of rotatable bonds is 4. The van der Waals surface area contributed by atoms with E-state index < -0.39 is 17.5 Å².